The maximum Gasteiger partial charge on any atom is 0.270 e. The summed E-state index contributed by atoms with van der Waals surface area (Å²) in [6.07, 6.45) is 3.84. The molecular formula is C16H21F2NO. The van der Waals surface area contributed by atoms with E-state index in [9.17, 15) is 8.78 Å². The molecule has 0 fully saturated rings. The van der Waals surface area contributed by atoms with Crippen molar-refractivity contribution in [1.29, 1.82) is 0 Å². The van der Waals surface area contributed by atoms with Crippen LogP contribution in [-0.4, -0.2) is 22.6 Å². The lowest BCUT2D eigenvalue weighted by Crippen LogP contribution is -2.21. The molecule has 0 unspecified atom stereocenters. The van der Waals surface area contributed by atoms with E-state index in [2.05, 4.69) is 18.0 Å². The molecule has 0 aliphatic rings. The Morgan fingerprint density at radius 3 is 2.80 bits per heavy atom. The van der Waals surface area contributed by atoms with Gasteiger partial charge in [-0.3, -0.25) is 0 Å². The molecule has 1 aromatic heterocycles. The number of para-hydroxylation sites is 1. The van der Waals surface area contributed by atoms with Crippen molar-refractivity contribution in [1.82, 2.24) is 4.98 Å². The largest absolute Gasteiger partial charge is 0.390 e. The molecule has 110 valence electrons. The zero-order chi connectivity index (χ0) is 14.6. The molecule has 1 heterocycles. The number of aromatic nitrogens is 1. The first-order valence-electron chi connectivity index (χ1n) is 7.05. The molecule has 0 radical (unpaired) electrons. The highest BCUT2D eigenvalue weighted by molar-refractivity contribution is 5.83. The molecule has 2 rings (SSSR count). The van der Waals surface area contributed by atoms with Crippen LogP contribution in [0.5, 0.6) is 0 Å². The van der Waals surface area contributed by atoms with Gasteiger partial charge in [-0.2, -0.15) is 0 Å². The normalized spacial score (nSPS) is 13.8. The van der Waals surface area contributed by atoms with Crippen molar-refractivity contribution in [3.8, 4) is 0 Å². The van der Waals surface area contributed by atoms with Crippen LogP contribution < -0.4 is 0 Å². The van der Waals surface area contributed by atoms with Crippen LogP contribution in [0.2, 0.25) is 0 Å². The van der Waals surface area contributed by atoms with Crippen LogP contribution in [-0.2, 0) is 6.42 Å². The van der Waals surface area contributed by atoms with E-state index >= 15 is 0 Å². The monoisotopic (exact) mass is 281 g/mol. The summed E-state index contributed by atoms with van der Waals surface area (Å²) in [6, 6.07) is 8.11. The highest BCUT2D eigenvalue weighted by atomic mass is 19.3. The van der Waals surface area contributed by atoms with Crippen molar-refractivity contribution < 1.29 is 13.9 Å². The number of aliphatic hydroxyl groups excluding tert-OH is 1. The van der Waals surface area contributed by atoms with E-state index in [1.54, 1.807) is 0 Å². The number of alkyl halides is 2. The van der Waals surface area contributed by atoms with Crippen LogP contribution in [0.3, 0.4) is 0 Å². The number of hydrogen-bond acceptors (Lipinski definition) is 1. The molecule has 0 aliphatic heterocycles. The predicted molar refractivity (Wildman–Crippen MR) is 77.1 cm³/mol. The second kappa shape index (κ2) is 6.35. The summed E-state index contributed by atoms with van der Waals surface area (Å²) in [5, 5.41) is 9.74. The number of halogens is 2. The van der Waals surface area contributed by atoms with Crippen LogP contribution >= 0.6 is 0 Å². The van der Waals surface area contributed by atoms with Gasteiger partial charge in [-0.15, -0.1) is 0 Å². The number of hydrogen-bond donors (Lipinski definition) is 2. The van der Waals surface area contributed by atoms with Crippen molar-refractivity contribution in [3.05, 3.63) is 36.0 Å². The maximum absolute atomic E-state index is 12.9. The molecule has 20 heavy (non-hydrogen) atoms. The van der Waals surface area contributed by atoms with E-state index in [-0.39, 0.29) is 6.42 Å². The highest BCUT2D eigenvalue weighted by Crippen LogP contribution is 2.25. The van der Waals surface area contributed by atoms with Gasteiger partial charge in [0.05, 0.1) is 0 Å². The lowest BCUT2D eigenvalue weighted by molar-refractivity contribution is -0.0582. The number of aliphatic hydroxyl groups is 1. The predicted octanol–water partition coefficient (Wildman–Crippen LogP) is 4.14. The molecule has 0 saturated heterocycles. The minimum atomic E-state index is -2.93. The van der Waals surface area contributed by atoms with Crippen LogP contribution in [0.15, 0.2) is 30.5 Å². The molecule has 2 N–H and O–H groups in total. The van der Waals surface area contributed by atoms with Gasteiger partial charge in [0.1, 0.15) is 6.61 Å². The van der Waals surface area contributed by atoms with Gasteiger partial charge in [0, 0.05) is 23.5 Å². The summed E-state index contributed by atoms with van der Waals surface area (Å²) in [7, 11) is 0. The van der Waals surface area contributed by atoms with Crippen molar-refractivity contribution in [3.63, 3.8) is 0 Å². The fraction of sp³-hybridized carbons (Fsp3) is 0.500. The average Bonchev–Trinajstić information content (AvgIpc) is 2.82. The van der Waals surface area contributed by atoms with E-state index in [1.807, 2.05) is 24.4 Å². The third-order valence-corrected chi connectivity index (χ3v) is 3.71. The van der Waals surface area contributed by atoms with Crippen LogP contribution in [0.25, 0.3) is 10.9 Å². The maximum atomic E-state index is 12.9. The van der Waals surface area contributed by atoms with Crippen molar-refractivity contribution in [2.45, 2.75) is 38.5 Å². The fourth-order valence-electron chi connectivity index (χ4n) is 2.57. The molecule has 0 bridgehead atoms. The molecule has 2 aromatic rings. The van der Waals surface area contributed by atoms with Crippen LogP contribution in [0.4, 0.5) is 8.78 Å². The van der Waals surface area contributed by atoms with Gasteiger partial charge in [-0.25, -0.2) is 8.78 Å². The Bertz CT molecular complexity index is 550. The fourth-order valence-corrected chi connectivity index (χ4v) is 2.57. The standard InChI is InChI=1S/C16H21F2NO/c1-12(5-4-8-16(17,18)11-20)9-13-10-19-15-7-3-2-6-14(13)15/h2-3,6-7,10,12,19-20H,4-5,8-9,11H2,1H3/t12-/m0/s1. The van der Waals surface area contributed by atoms with Crippen molar-refractivity contribution >= 4 is 10.9 Å². The zero-order valence-corrected chi connectivity index (χ0v) is 11.7. The molecule has 1 atom stereocenters. The Kier molecular flexibility index (Phi) is 4.76. The molecule has 0 aliphatic carbocycles. The topological polar surface area (TPSA) is 36.0 Å². The Balaban J connectivity index is 1.87. The van der Waals surface area contributed by atoms with Gasteiger partial charge in [0.2, 0.25) is 0 Å². The van der Waals surface area contributed by atoms with Gasteiger partial charge in [0.15, 0.2) is 0 Å². The van der Waals surface area contributed by atoms with Gasteiger partial charge in [0.25, 0.3) is 5.92 Å². The third kappa shape index (κ3) is 3.79. The number of rotatable bonds is 7. The van der Waals surface area contributed by atoms with Crippen LogP contribution in [0.1, 0.15) is 31.7 Å². The van der Waals surface area contributed by atoms with Gasteiger partial charge >= 0.3 is 0 Å². The lowest BCUT2D eigenvalue weighted by Gasteiger charge is -2.15. The van der Waals surface area contributed by atoms with Crippen molar-refractivity contribution in [2.75, 3.05) is 6.61 Å². The molecule has 0 saturated carbocycles. The summed E-state index contributed by atoms with van der Waals surface area (Å²) >= 11 is 0. The average molecular weight is 281 g/mol. The quantitative estimate of drug-likeness (QED) is 0.786. The van der Waals surface area contributed by atoms with Gasteiger partial charge in [-0.1, -0.05) is 31.5 Å². The second-order valence-electron chi connectivity index (χ2n) is 5.58. The number of aromatic amines is 1. The Morgan fingerprint density at radius 2 is 2.05 bits per heavy atom. The number of benzene rings is 1. The first-order chi connectivity index (χ1) is 9.52. The minimum Gasteiger partial charge on any atom is -0.390 e. The number of fused-ring (bicyclic) bond motifs is 1. The van der Waals surface area contributed by atoms with Gasteiger partial charge in [-0.05, 0) is 30.4 Å². The Labute approximate surface area is 117 Å². The van der Waals surface area contributed by atoms with E-state index in [4.69, 9.17) is 5.11 Å². The molecular weight excluding hydrogens is 260 g/mol. The number of H-pyrrole nitrogens is 1. The Morgan fingerprint density at radius 1 is 1.30 bits per heavy atom. The highest BCUT2D eigenvalue weighted by Gasteiger charge is 2.26. The van der Waals surface area contributed by atoms with E-state index in [1.165, 1.54) is 10.9 Å². The molecule has 0 spiro atoms. The molecule has 4 heteroatoms. The van der Waals surface area contributed by atoms with E-state index < -0.39 is 12.5 Å². The van der Waals surface area contributed by atoms with Crippen LogP contribution in [0, 0.1) is 5.92 Å². The summed E-state index contributed by atoms with van der Waals surface area (Å²) in [6.45, 7) is 1.03. The SMILES string of the molecule is C[C@@H](CCCC(F)(F)CO)Cc1c[nH]c2ccccc12. The first-order valence-corrected chi connectivity index (χ1v) is 7.05. The summed E-state index contributed by atoms with van der Waals surface area (Å²) in [4.78, 5) is 3.23. The summed E-state index contributed by atoms with van der Waals surface area (Å²) in [5.74, 6) is -2.58. The van der Waals surface area contributed by atoms with Gasteiger partial charge < -0.3 is 10.1 Å². The van der Waals surface area contributed by atoms with E-state index in [0.717, 1.165) is 18.4 Å². The zero-order valence-electron chi connectivity index (χ0n) is 11.7. The molecule has 1 aromatic carbocycles. The molecule has 2 nitrogen and oxygen atoms in total. The first kappa shape index (κ1) is 15.0. The third-order valence-electron chi connectivity index (χ3n) is 3.71. The summed E-state index contributed by atoms with van der Waals surface area (Å²) < 4.78 is 25.9. The summed E-state index contributed by atoms with van der Waals surface area (Å²) in [5.41, 5.74) is 2.35. The smallest absolute Gasteiger partial charge is 0.270 e. The van der Waals surface area contributed by atoms with E-state index in [0.29, 0.717) is 12.3 Å². The minimum absolute atomic E-state index is 0.234. The van der Waals surface area contributed by atoms with Crippen molar-refractivity contribution in [2.24, 2.45) is 5.92 Å². The second-order valence-corrected chi connectivity index (χ2v) is 5.58. The molecule has 0 amide bonds. The lowest BCUT2D eigenvalue weighted by atomic mass is 9.95. The number of nitrogens with one attached hydrogen (secondary N) is 1. The Hall–Kier alpha value is -1.42.